The molecule has 4 N–H and O–H groups in total. The van der Waals surface area contributed by atoms with E-state index in [1.54, 1.807) is 79.1 Å². The molecule has 1 heterocycles. The number of esters is 1. The topological polar surface area (TPSA) is 112 Å². The van der Waals surface area contributed by atoms with E-state index < -0.39 is 18.0 Å². The van der Waals surface area contributed by atoms with Crippen LogP contribution in [0, 0.1) is 0 Å². The van der Waals surface area contributed by atoms with Gasteiger partial charge in [0.15, 0.2) is 6.17 Å². The van der Waals surface area contributed by atoms with Crippen molar-refractivity contribution >= 4 is 23.3 Å². The molecular formula is C21H20N4O3. The van der Waals surface area contributed by atoms with Gasteiger partial charge in [-0.15, -0.1) is 0 Å². The summed E-state index contributed by atoms with van der Waals surface area (Å²) in [6.07, 6.45) is 1.84. The molecule has 0 radical (unpaired) electrons. The lowest BCUT2D eigenvalue weighted by Gasteiger charge is -2.28. The van der Waals surface area contributed by atoms with Gasteiger partial charge in [-0.2, -0.15) is 0 Å². The van der Waals surface area contributed by atoms with E-state index in [1.165, 1.54) is 0 Å². The Hall–Kier alpha value is -3.71. The molecule has 1 amide bonds. The van der Waals surface area contributed by atoms with Crippen LogP contribution < -0.4 is 16.4 Å². The van der Waals surface area contributed by atoms with E-state index in [9.17, 15) is 9.59 Å². The van der Waals surface area contributed by atoms with Crippen molar-refractivity contribution in [3.05, 3.63) is 90.3 Å². The van der Waals surface area contributed by atoms with Gasteiger partial charge in [0.25, 0.3) is 5.91 Å². The average molecular weight is 376 g/mol. The second kappa shape index (κ2) is 8.79. The normalized spacial score (nSPS) is 11.5. The van der Waals surface area contributed by atoms with Crippen LogP contribution in [0.1, 0.15) is 15.9 Å². The molecule has 0 aliphatic rings. The van der Waals surface area contributed by atoms with Crippen molar-refractivity contribution in [3.8, 4) is 0 Å². The van der Waals surface area contributed by atoms with E-state index in [2.05, 4.69) is 4.98 Å². The van der Waals surface area contributed by atoms with Crippen LogP contribution in [-0.4, -0.2) is 23.0 Å². The van der Waals surface area contributed by atoms with E-state index in [4.69, 9.17) is 16.2 Å². The molecule has 1 atom stereocenters. The summed E-state index contributed by atoms with van der Waals surface area (Å²) in [6.45, 7) is -0.00197. The lowest BCUT2D eigenvalue weighted by atomic mass is 10.1. The number of carbonyl (C=O) groups excluding carboxylic acids is 2. The molecule has 3 rings (SSSR count). The minimum atomic E-state index is -1.37. The Morgan fingerprint density at radius 1 is 1.00 bits per heavy atom. The molecule has 0 aliphatic heterocycles. The number of hydrogen-bond acceptors (Lipinski definition) is 6. The van der Waals surface area contributed by atoms with Gasteiger partial charge in [0.1, 0.15) is 6.61 Å². The Morgan fingerprint density at radius 2 is 1.71 bits per heavy atom. The zero-order chi connectivity index (χ0) is 19.9. The molecule has 3 aromatic rings. The third-order valence-corrected chi connectivity index (χ3v) is 4.06. The quantitative estimate of drug-likeness (QED) is 0.388. The van der Waals surface area contributed by atoms with Gasteiger partial charge in [-0.1, -0.05) is 36.4 Å². The van der Waals surface area contributed by atoms with Gasteiger partial charge >= 0.3 is 5.97 Å². The van der Waals surface area contributed by atoms with Crippen molar-refractivity contribution in [1.29, 1.82) is 0 Å². The zero-order valence-electron chi connectivity index (χ0n) is 15.1. The number of aromatic nitrogens is 1. The molecule has 0 aliphatic carbocycles. The minimum Gasteiger partial charge on any atom is -0.458 e. The highest BCUT2D eigenvalue weighted by atomic mass is 16.5. The van der Waals surface area contributed by atoms with Crippen LogP contribution in [0.3, 0.4) is 0 Å². The largest absolute Gasteiger partial charge is 0.458 e. The first-order valence-corrected chi connectivity index (χ1v) is 8.62. The Kier molecular flexibility index (Phi) is 5.98. The third kappa shape index (κ3) is 4.33. The highest BCUT2D eigenvalue weighted by Crippen LogP contribution is 2.26. The van der Waals surface area contributed by atoms with Crippen LogP contribution in [0.4, 0.5) is 11.4 Å². The second-order valence-electron chi connectivity index (χ2n) is 6.01. The smallest absolute Gasteiger partial charge is 0.344 e. The van der Waals surface area contributed by atoms with Gasteiger partial charge in [-0.25, -0.2) is 4.79 Å². The molecule has 0 saturated carbocycles. The lowest BCUT2D eigenvalue weighted by molar-refractivity contribution is -0.146. The zero-order valence-corrected chi connectivity index (χ0v) is 15.1. The van der Waals surface area contributed by atoms with Gasteiger partial charge in [-0.05, 0) is 30.3 Å². The molecule has 1 aromatic heterocycles. The molecule has 0 spiro atoms. The highest BCUT2D eigenvalue weighted by Gasteiger charge is 2.31. The molecule has 0 fully saturated rings. The van der Waals surface area contributed by atoms with Crippen molar-refractivity contribution < 1.29 is 14.3 Å². The first-order valence-electron chi connectivity index (χ1n) is 8.62. The maximum absolute atomic E-state index is 13.1. The van der Waals surface area contributed by atoms with Crippen LogP contribution >= 0.6 is 0 Å². The Labute approximate surface area is 162 Å². The predicted molar refractivity (Wildman–Crippen MR) is 106 cm³/mol. The Bertz CT molecular complexity index is 948. The maximum Gasteiger partial charge on any atom is 0.344 e. The van der Waals surface area contributed by atoms with Crippen LogP contribution in [-0.2, 0) is 16.1 Å². The van der Waals surface area contributed by atoms with Crippen molar-refractivity contribution in [2.75, 3.05) is 10.6 Å². The van der Waals surface area contributed by atoms with Crippen LogP contribution in [0.15, 0.2) is 79.1 Å². The molecule has 7 heteroatoms. The SMILES string of the molecule is Nc1ccccc1N(C(=O)c1ccccc1)C(N)C(=O)OCc1cccnc1. The monoisotopic (exact) mass is 376 g/mol. The second-order valence-corrected chi connectivity index (χ2v) is 6.01. The molecule has 2 aromatic carbocycles. The number of rotatable bonds is 6. The van der Waals surface area contributed by atoms with Crippen molar-refractivity contribution in [3.63, 3.8) is 0 Å². The number of carbonyl (C=O) groups is 2. The molecule has 28 heavy (non-hydrogen) atoms. The van der Waals surface area contributed by atoms with E-state index >= 15 is 0 Å². The number of ether oxygens (including phenoxy) is 1. The number of hydrogen-bond donors (Lipinski definition) is 2. The van der Waals surface area contributed by atoms with Gasteiger partial charge in [0.05, 0.1) is 11.4 Å². The minimum absolute atomic E-state index is 0.00197. The maximum atomic E-state index is 13.1. The third-order valence-electron chi connectivity index (χ3n) is 4.06. The fraction of sp³-hybridized carbons (Fsp3) is 0.0952. The van der Waals surface area contributed by atoms with Crippen LogP contribution in [0.2, 0.25) is 0 Å². The number of anilines is 2. The standard InChI is InChI=1S/C21H20N4O3/c22-17-10-4-5-11-18(17)25(20(26)16-8-2-1-3-9-16)19(23)21(27)28-14-15-7-6-12-24-13-15/h1-13,19H,14,22-23H2. The summed E-state index contributed by atoms with van der Waals surface area (Å²) in [4.78, 5) is 30.8. The number of pyridine rings is 1. The number of para-hydroxylation sites is 2. The highest BCUT2D eigenvalue weighted by molar-refractivity contribution is 6.10. The fourth-order valence-electron chi connectivity index (χ4n) is 2.64. The van der Waals surface area contributed by atoms with E-state index in [1.807, 2.05) is 0 Å². The van der Waals surface area contributed by atoms with Crippen molar-refractivity contribution in [2.24, 2.45) is 5.73 Å². The van der Waals surface area contributed by atoms with E-state index in [0.717, 1.165) is 4.90 Å². The number of nitrogen functional groups attached to an aromatic ring is 1. The lowest BCUT2D eigenvalue weighted by Crippen LogP contribution is -2.52. The van der Waals surface area contributed by atoms with E-state index in [0.29, 0.717) is 22.5 Å². The first kappa shape index (κ1) is 19.1. The Morgan fingerprint density at radius 3 is 2.39 bits per heavy atom. The molecular weight excluding hydrogens is 356 g/mol. The summed E-state index contributed by atoms with van der Waals surface area (Å²) in [5, 5.41) is 0. The van der Waals surface area contributed by atoms with Gasteiger partial charge in [0, 0.05) is 23.5 Å². The number of amides is 1. The number of nitrogens with zero attached hydrogens (tertiary/aromatic N) is 2. The molecule has 0 saturated heterocycles. The molecule has 1 unspecified atom stereocenters. The average Bonchev–Trinajstić information content (AvgIpc) is 2.74. The number of benzene rings is 2. The van der Waals surface area contributed by atoms with Gasteiger partial charge in [-0.3, -0.25) is 14.7 Å². The van der Waals surface area contributed by atoms with Crippen LogP contribution in [0.25, 0.3) is 0 Å². The number of nitrogens with two attached hydrogens (primary N) is 2. The van der Waals surface area contributed by atoms with Gasteiger partial charge in [0.2, 0.25) is 0 Å². The van der Waals surface area contributed by atoms with Crippen molar-refractivity contribution in [1.82, 2.24) is 4.98 Å². The summed E-state index contributed by atoms with van der Waals surface area (Å²) in [7, 11) is 0. The van der Waals surface area contributed by atoms with Crippen LogP contribution in [0.5, 0.6) is 0 Å². The van der Waals surface area contributed by atoms with E-state index in [-0.39, 0.29) is 6.61 Å². The summed E-state index contributed by atoms with van der Waals surface area (Å²) in [5.41, 5.74) is 13.9. The summed E-state index contributed by atoms with van der Waals surface area (Å²) in [6, 6.07) is 18.7. The summed E-state index contributed by atoms with van der Waals surface area (Å²) in [5.74, 6) is -1.21. The fourth-order valence-corrected chi connectivity index (χ4v) is 2.64. The Balaban J connectivity index is 1.86. The molecule has 0 bridgehead atoms. The summed E-state index contributed by atoms with van der Waals surface area (Å²) >= 11 is 0. The molecule has 7 nitrogen and oxygen atoms in total. The van der Waals surface area contributed by atoms with Crippen molar-refractivity contribution in [2.45, 2.75) is 12.8 Å². The molecule has 142 valence electrons. The first-order chi connectivity index (χ1) is 13.6. The predicted octanol–water partition coefficient (Wildman–Crippen LogP) is 2.34. The van der Waals surface area contributed by atoms with Gasteiger partial charge < -0.3 is 16.2 Å². The summed E-state index contributed by atoms with van der Waals surface area (Å²) < 4.78 is 5.28.